The summed E-state index contributed by atoms with van der Waals surface area (Å²) in [4.78, 5) is 36.0. The number of amides is 2. The molecule has 1 saturated carbocycles. The summed E-state index contributed by atoms with van der Waals surface area (Å²) in [6, 6.07) is 5.60. The summed E-state index contributed by atoms with van der Waals surface area (Å²) < 4.78 is 39.9. The molecule has 0 aliphatic heterocycles. The van der Waals surface area contributed by atoms with Crippen molar-refractivity contribution < 1.29 is 22.8 Å². The number of halogens is 3. The van der Waals surface area contributed by atoms with Crippen LogP contribution in [0.2, 0.25) is 0 Å². The minimum absolute atomic E-state index is 0.0489. The molecule has 0 saturated heterocycles. The average Bonchev–Trinajstić information content (AvgIpc) is 3.43. The molecule has 2 aromatic rings. The Bertz CT molecular complexity index is 981. The normalized spacial score (nSPS) is 13.9. The van der Waals surface area contributed by atoms with Gasteiger partial charge in [-0.2, -0.15) is 18.3 Å². The molecule has 3 rings (SSSR count). The number of alkyl halides is 3. The van der Waals surface area contributed by atoms with E-state index in [1.54, 1.807) is 0 Å². The van der Waals surface area contributed by atoms with Crippen molar-refractivity contribution in [2.24, 2.45) is 0 Å². The van der Waals surface area contributed by atoms with Crippen LogP contribution in [0.5, 0.6) is 0 Å². The Kier molecular flexibility index (Phi) is 5.21. The zero-order valence-corrected chi connectivity index (χ0v) is 14.8. The SMILES string of the molecule is Cc1cc(=O)c(C(=O)NCC(=O)NC2CC2)nn1-c1cccc(C(F)(F)F)c1. The molecule has 148 valence electrons. The maximum atomic E-state index is 12.9. The molecule has 1 aromatic carbocycles. The summed E-state index contributed by atoms with van der Waals surface area (Å²) in [7, 11) is 0. The fourth-order valence-corrected chi connectivity index (χ4v) is 2.53. The van der Waals surface area contributed by atoms with E-state index in [2.05, 4.69) is 15.7 Å². The van der Waals surface area contributed by atoms with E-state index in [9.17, 15) is 27.6 Å². The molecular formula is C18H17F3N4O3. The minimum atomic E-state index is -4.54. The second-order valence-electron chi connectivity index (χ2n) is 6.48. The van der Waals surface area contributed by atoms with E-state index in [1.165, 1.54) is 19.1 Å². The second kappa shape index (κ2) is 7.45. The van der Waals surface area contributed by atoms with Crippen LogP contribution in [-0.4, -0.2) is 34.2 Å². The lowest BCUT2D eigenvalue weighted by molar-refractivity contribution is -0.137. The van der Waals surface area contributed by atoms with Crippen LogP contribution < -0.4 is 16.1 Å². The molecule has 0 unspecified atom stereocenters. The van der Waals surface area contributed by atoms with Gasteiger partial charge in [-0.3, -0.25) is 14.4 Å². The number of aryl methyl sites for hydroxylation is 1. The van der Waals surface area contributed by atoms with Crippen molar-refractivity contribution in [1.29, 1.82) is 0 Å². The monoisotopic (exact) mass is 394 g/mol. The molecule has 28 heavy (non-hydrogen) atoms. The number of nitrogens with zero attached hydrogens (tertiary/aromatic N) is 2. The third-order valence-corrected chi connectivity index (χ3v) is 4.09. The van der Waals surface area contributed by atoms with Crippen LogP contribution in [0.1, 0.15) is 34.6 Å². The van der Waals surface area contributed by atoms with E-state index in [0.29, 0.717) is 0 Å². The molecule has 10 heteroatoms. The zero-order chi connectivity index (χ0) is 20.5. The van der Waals surface area contributed by atoms with Gasteiger partial charge in [0.25, 0.3) is 5.91 Å². The van der Waals surface area contributed by atoms with Gasteiger partial charge in [-0.25, -0.2) is 4.68 Å². The van der Waals surface area contributed by atoms with Crippen LogP contribution in [0.15, 0.2) is 35.1 Å². The summed E-state index contributed by atoms with van der Waals surface area (Å²) in [6.07, 6.45) is -2.76. The van der Waals surface area contributed by atoms with E-state index in [0.717, 1.165) is 35.7 Å². The van der Waals surface area contributed by atoms with Crippen molar-refractivity contribution >= 4 is 11.8 Å². The largest absolute Gasteiger partial charge is 0.416 e. The Morgan fingerprint density at radius 1 is 1.25 bits per heavy atom. The summed E-state index contributed by atoms with van der Waals surface area (Å²) >= 11 is 0. The van der Waals surface area contributed by atoms with Crippen molar-refractivity contribution in [2.45, 2.75) is 32.0 Å². The van der Waals surface area contributed by atoms with Crippen LogP contribution in [0.3, 0.4) is 0 Å². The molecule has 1 aliphatic rings. The third-order valence-electron chi connectivity index (χ3n) is 4.09. The summed E-state index contributed by atoms with van der Waals surface area (Å²) in [5.41, 5.74) is -1.78. The van der Waals surface area contributed by atoms with E-state index in [4.69, 9.17) is 0 Å². The van der Waals surface area contributed by atoms with Gasteiger partial charge in [-0.1, -0.05) is 6.07 Å². The lowest BCUT2D eigenvalue weighted by Gasteiger charge is -2.13. The van der Waals surface area contributed by atoms with Crippen LogP contribution in [0, 0.1) is 6.92 Å². The maximum absolute atomic E-state index is 12.9. The molecule has 1 fully saturated rings. The molecule has 2 N–H and O–H groups in total. The van der Waals surface area contributed by atoms with E-state index >= 15 is 0 Å². The van der Waals surface area contributed by atoms with Crippen molar-refractivity contribution in [3.05, 3.63) is 57.5 Å². The standard InChI is InChI=1S/C18H17F3N4O3/c1-10-7-14(26)16(17(28)22-9-15(27)23-12-5-6-12)24-25(10)13-4-2-3-11(8-13)18(19,20)21/h2-4,7-8,12H,5-6,9H2,1H3,(H,22,28)(H,23,27). The molecular weight excluding hydrogens is 377 g/mol. The molecule has 2 amide bonds. The predicted molar refractivity (Wildman–Crippen MR) is 93.1 cm³/mol. The quantitative estimate of drug-likeness (QED) is 0.805. The predicted octanol–water partition coefficient (Wildman–Crippen LogP) is 1.57. The Balaban J connectivity index is 1.85. The van der Waals surface area contributed by atoms with Crippen molar-refractivity contribution in [2.75, 3.05) is 6.54 Å². The number of carbonyl (C=O) groups excluding carboxylic acids is 2. The highest BCUT2D eigenvalue weighted by Crippen LogP contribution is 2.30. The number of carbonyl (C=O) groups is 2. The molecule has 1 aliphatic carbocycles. The fourth-order valence-electron chi connectivity index (χ4n) is 2.53. The van der Waals surface area contributed by atoms with Gasteiger partial charge >= 0.3 is 6.18 Å². The lowest BCUT2D eigenvalue weighted by Crippen LogP contribution is -2.40. The van der Waals surface area contributed by atoms with Gasteiger partial charge in [0.05, 0.1) is 17.8 Å². The topological polar surface area (TPSA) is 93.1 Å². The van der Waals surface area contributed by atoms with Gasteiger partial charge in [0.1, 0.15) is 0 Å². The zero-order valence-electron chi connectivity index (χ0n) is 14.8. The number of rotatable bonds is 5. The molecule has 1 aromatic heterocycles. The number of benzene rings is 1. The first kappa shape index (κ1) is 19.6. The first-order chi connectivity index (χ1) is 13.1. The Labute approximate surface area is 157 Å². The fraction of sp³-hybridized carbons (Fsp3) is 0.333. The average molecular weight is 394 g/mol. The Hall–Kier alpha value is -3.17. The highest BCUT2D eigenvalue weighted by Gasteiger charge is 2.30. The number of aromatic nitrogens is 2. The van der Waals surface area contributed by atoms with Crippen molar-refractivity contribution in [3.63, 3.8) is 0 Å². The van der Waals surface area contributed by atoms with Crippen LogP contribution in [0.4, 0.5) is 13.2 Å². The minimum Gasteiger partial charge on any atom is -0.352 e. The van der Waals surface area contributed by atoms with Gasteiger partial charge in [0, 0.05) is 17.8 Å². The molecule has 0 atom stereocenters. The third kappa shape index (κ3) is 4.56. The molecule has 0 bridgehead atoms. The molecule has 0 radical (unpaired) electrons. The van der Waals surface area contributed by atoms with Gasteiger partial charge in [-0.15, -0.1) is 0 Å². The van der Waals surface area contributed by atoms with Gasteiger partial charge < -0.3 is 10.6 Å². The summed E-state index contributed by atoms with van der Waals surface area (Å²) in [5, 5.41) is 8.89. The number of nitrogens with one attached hydrogen (secondary N) is 2. The second-order valence-corrected chi connectivity index (χ2v) is 6.48. The highest BCUT2D eigenvalue weighted by atomic mass is 19.4. The summed E-state index contributed by atoms with van der Waals surface area (Å²) in [6.45, 7) is 1.16. The van der Waals surface area contributed by atoms with Crippen LogP contribution in [0.25, 0.3) is 5.69 Å². The van der Waals surface area contributed by atoms with Crippen molar-refractivity contribution in [3.8, 4) is 5.69 Å². The summed E-state index contributed by atoms with van der Waals surface area (Å²) in [5.74, 6) is -1.27. The lowest BCUT2D eigenvalue weighted by atomic mass is 10.2. The highest BCUT2D eigenvalue weighted by molar-refractivity contribution is 5.94. The molecule has 1 heterocycles. The molecule has 7 nitrogen and oxygen atoms in total. The van der Waals surface area contributed by atoms with Gasteiger partial charge in [-0.05, 0) is 38.0 Å². The van der Waals surface area contributed by atoms with E-state index in [-0.39, 0.29) is 29.9 Å². The smallest absolute Gasteiger partial charge is 0.352 e. The molecule has 0 spiro atoms. The first-order valence-electron chi connectivity index (χ1n) is 8.51. The Morgan fingerprint density at radius 3 is 2.61 bits per heavy atom. The van der Waals surface area contributed by atoms with Crippen molar-refractivity contribution in [1.82, 2.24) is 20.4 Å². The maximum Gasteiger partial charge on any atom is 0.416 e. The van der Waals surface area contributed by atoms with Crippen LogP contribution in [-0.2, 0) is 11.0 Å². The van der Waals surface area contributed by atoms with E-state index in [1.807, 2.05) is 0 Å². The van der Waals surface area contributed by atoms with E-state index < -0.39 is 28.8 Å². The van der Waals surface area contributed by atoms with Crippen LogP contribution >= 0.6 is 0 Å². The number of hydrogen-bond acceptors (Lipinski definition) is 4. The first-order valence-corrected chi connectivity index (χ1v) is 8.51. The van der Waals surface area contributed by atoms with Gasteiger partial charge in [0.2, 0.25) is 11.3 Å². The Morgan fingerprint density at radius 2 is 1.96 bits per heavy atom. The van der Waals surface area contributed by atoms with Gasteiger partial charge in [0.15, 0.2) is 5.69 Å². The number of hydrogen-bond donors (Lipinski definition) is 2.